The molecule has 92 valence electrons. The summed E-state index contributed by atoms with van der Waals surface area (Å²) in [6, 6.07) is 3.54. The molecule has 2 heterocycles. The largest absolute Gasteiger partial charge is 0.310 e. The molecule has 3 rings (SSSR count). The van der Waals surface area contributed by atoms with E-state index in [4.69, 9.17) is 0 Å². The van der Waals surface area contributed by atoms with Crippen LogP contribution in [0, 0.1) is 6.92 Å². The Hall–Kier alpha value is -1.00. The average Bonchev–Trinajstić information content (AvgIpc) is 2.99. The van der Waals surface area contributed by atoms with Crippen LogP contribution in [-0.2, 0) is 6.54 Å². The fourth-order valence-corrected chi connectivity index (χ4v) is 2.52. The van der Waals surface area contributed by atoms with E-state index < -0.39 is 0 Å². The maximum absolute atomic E-state index is 4.46. The van der Waals surface area contributed by atoms with Gasteiger partial charge in [0.05, 0.1) is 5.69 Å². The van der Waals surface area contributed by atoms with Gasteiger partial charge < -0.3 is 5.32 Å². The first-order valence-electron chi connectivity index (χ1n) is 6.56. The highest BCUT2D eigenvalue weighted by molar-refractivity contribution is 5.02. The van der Waals surface area contributed by atoms with Crippen LogP contribution < -0.4 is 5.32 Å². The van der Waals surface area contributed by atoms with Crippen LogP contribution >= 0.6 is 0 Å². The van der Waals surface area contributed by atoms with E-state index in [9.17, 15) is 0 Å². The molecule has 1 aliphatic carbocycles. The summed E-state index contributed by atoms with van der Waals surface area (Å²) in [6.07, 6.45) is 5.89. The molecule has 4 nitrogen and oxygen atoms in total. The monoisotopic (exact) mass is 232 g/mol. The van der Waals surface area contributed by atoms with Crippen LogP contribution in [0.15, 0.2) is 12.3 Å². The first-order chi connectivity index (χ1) is 8.29. The Morgan fingerprint density at radius 1 is 1.35 bits per heavy atom. The topological polar surface area (TPSA) is 41.1 Å². The standard InChI is InChI=1S/C13H20N4/c1-10-14-6-4-12(15-10)8-17-7-5-13(9-17)16-11-2-3-11/h4,6,11,13,16H,2-3,5,7-9H2,1H3. The van der Waals surface area contributed by atoms with Gasteiger partial charge in [-0.15, -0.1) is 0 Å². The number of aromatic nitrogens is 2. The minimum Gasteiger partial charge on any atom is -0.310 e. The van der Waals surface area contributed by atoms with Gasteiger partial charge in [-0.05, 0) is 32.3 Å². The van der Waals surface area contributed by atoms with Crippen molar-refractivity contribution in [2.24, 2.45) is 0 Å². The zero-order chi connectivity index (χ0) is 11.7. The first kappa shape index (κ1) is 11.1. The highest BCUT2D eigenvalue weighted by Crippen LogP contribution is 2.22. The van der Waals surface area contributed by atoms with Gasteiger partial charge in [-0.25, -0.2) is 9.97 Å². The summed E-state index contributed by atoms with van der Waals surface area (Å²) in [4.78, 5) is 11.1. The van der Waals surface area contributed by atoms with Gasteiger partial charge in [0.25, 0.3) is 0 Å². The van der Waals surface area contributed by atoms with Gasteiger partial charge in [-0.2, -0.15) is 0 Å². The molecule has 0 bridgehead atoms. The van der Waals surface area contributed by atoms with Crippen molar-refractivity contribution >= 4 is 0 Å². The van der Waals surface area contributed by atoms with Crippen LogP contribution in [0.5, 0.6) is 0 Å². The summed E-state index contributed by atoms with van der Waals surface area (Å²) in [5.74, 6) is 0.870. The minimum absolute atomic E-state index is 0.699. The van der Waals surface area contributed by atoms with Gasteiger partial charge in [-0.1, -0.05) is 0 Å². The number of rotatable bonds is 4. The number of aryl methyl sites for hydroxylation is 1. The third-order valence-electron chi connectivity index (χ3n) is 3.54. The van der Waals surface area contributed by atoms with Crippen LogP contribution in [0.1, 0.15) is 30.8 Å². The number of likely N-dealkylation sites (tertiary alicyclic amines) is 1. The van der Waals surface area contributed by atoms with Crippen molar-refractivity contribution in [2.45, 2.75) is 44.8 Å². The van der Waals surface area contributed by atoms with Crippen LogP contribution in [0.25, 0.3) is 0 Å². The smallest absolute Gasteiger partial charge is 0.125 e. The molecule has 1 aliphatic heterocycles. The lowest BCUT2D eigenvalue weighted by atomic mass is 10.2. The molecule has 2 fully saturated rings. The van der Waals surface area contributed by atoms with Gasteiger partial charge in [0.1, 0.15) is 5.82 Å². The molecule has 0 amide bonds. The van der Waals surface area contributed by atoms with E-state index in [0.717, 1.165) is 24.1 Å². The molecule has 1 N–H and O–H groups in total. The van der Waals surface area contributed by atoms with E-state index in [1.54, 1.807) is 0 Å². The predicted octanol–water partition coefficient (Wildman–Crippen LogP) is 1.11. The number of nitrogens with one attached hydrogen (secondary N) is 1. The van der Waals surface area contributed by atoms with Gasteiger partial charge in [0.2, 0.25) is 0 Å². The Bertz CT molecular complexity index is 389. The molecule has 1 atom stereocenters. The van der Waals surface area contributed by atoms with Crippen molar-refractivity contribution in [3.05, 3.63) is 23.8 Å². The minimum atomic E-state index is 0.699. The van der Waals surface area contributed by atoms with Gasteiger partial charge in [-0.3, -0.25) is 4.90 Å². The van der Waals surface area contributed by atoms with Crippen molar-refractivity contribution in [1.29, 1.82) is 0 Å². The molecule has 1 aromatic rings. The second kappa shape index (κ2) is 4.70. The third kappa shape index (κ3) is 3.01. The number of nitrogens with zero attached hydrogens (tertiary/aromatic N) is 3. The van der Waals surface area contributed by atoms with Gasteiger partial charge in [0.15, 0.2) is 0 Å². The summed E-state index contributed by atoms with van der Waals surface area (Å²) in [7, 11) is 0. The van der Waals surface area contributed by atoms with E-state index in [-0.39, 0.29) is 0 Å². The highest BCUT2D eigenvalue weighted by atomic mass is 15.2. The molecule has 4 heteroatoms. The van der Waals surface area contributed by atoms with Crippen molar-refractivity contribution in [3.63, 3.8) is 0 Å². The first-order valence-corrected chi connectivity index (χ1v) is 6.56. The van der Waals surface area contributed by atoms with Gasteiger partial charge >= 0.3 is 0 Å². The van der Waals surface area contributed by atoms with Crippen molar-refractivity contribution in [1.82, 2.24) is 20.2 Å². The van der Waals surface area contributed by atoms with Crippen LogP contribution in [-0.4, -0.2) is 40.0 Å². The molecular formula is C13H20N4. The molecule has 17 heavy (non-hydrogen) atoms. The van der Waals surface area contributed by atoms with E-state index in [0.29, 0.717) is 6.04 Å². The Balaban J connectivity index is 1.52. The fraction of sp³-hybridized carbons (Fsp3) is 0.692. The lowest BCUT2D eigenvalue weighted by Crippen LogP contribution is -2.33. The normalized spacial score (nSPS) is 25.4. The molecule has 1 saturated heterocycles. The fourth-order valence-electron chi connectivity index (χ4n) is 2.52. The highest BCUT2D eigenvalue weighted by Gasteiger charge is 2.29. The van der Waals surface area contributed by atoms with Crippen molar-refractivity contribution in [3.8, 4) is 0 Å². The molecule has 0 radical (unpaired) electrons. The summed E-state index contributed by atoms with van der Waals surface area (Å²) in [5.41, 5.74) is 1.14. The average molecular weight is 232 g/mol. The quantitative estimate of drug-likeness (QED) is 0.844. The molecular weight excluding hydrogens is 212 g/mol. The van der Waals surface area contributed by atoms with E-state index in [1.807, 2.05) is 19.2 Å². The zero-order valence-electron chi connectivity index (χ0n) is 10.4. The summed E-state index contributed by atoms with van der Waals surface area (Å²) >= 11 is 0. The predicted molar refractivity (Wildman–Crippen MR) is 66.6 cm³/mol. The molecule has 1 unspecified atom stereocenters. The van der Waals surface area contributed by atoms with Crippen LogP contribution in [0.3, 0.4) is 0 Å². The molecule has 0 spiro atoms. The maximum atomic E-state index is 4.46. The van der Waals surface area contributed by atoms with Gasteiger partial charge in [0, 0.05) is 37.9 Å². The van der Waals surface area contributed by atoms with Crippen molar-refractivity contribution in [2.75, 3.05) is 13.1 Å². The van der Waals surface area contributed by atoms with Crippen molar-refractivity contribution < 1.29 is 0 Å². The molecule has 1 saturated carbocycles. The molecule has 2 aliphatic rings. The van der Waals surface area contributed by atoms with E-state index >= 15 is 0 Å². The lowest BCUT2D eigenvalue weighted by Gasteiger charge is -2.16. The molecule has 1 aromatic heterocycles. The maximum Gasteiger partial charge on any atom is 0.125 e. The SMILES string of the molecule is Cc1nccc(CN2CCC(NC3CC3)C2)n1. The Morgan fingerprint density at radius 2 is 2.24 bits per heavy atom. The summed E-state index contributed by atoms with van der Waals surface area (Å²) < 4.78 is 0. The van der Waals surface area contributed by atoms with E-state index in [1.165, 1.54) is 32.4 Å². The Labute approximate surface area is 102 Å². The third-order valence-corrected chi connectivity index (χ3v) is 3.54. The summed E-state index contributed by atoms with van der Waals surface area (Å²) in [5, 5.41) is 3.71. The number of hydrogen-bond donors (Lipinski definition) is 1. The second-order valence-electron chi connectivity index (χ2n) is 5.26. The zero-order valence-corrected chi connectivity index (χ0v) is 10.4. The number of hydrogen-bond acceptors (Lipinski definition) is 4. The van der Waals surface area contributed by atoms with E-state index in [2.05, 4.69) is 20.2 Å². The van der Waals surface area contributed by atoms with Crippen LogP contribution in [0.2, 0.25) is 0 Å². The summed E-state index contributed by atoms with van der Waals surface area (Å²) in [6.45, 7) is 5.27. The molecule has 0 aromatic carbocycles. The van der Waals surface area contributed by atoms with Crippen LogP contribution in [0.4, 0.5) is 0 Å². The lowest BCUT2D eigenvalue weighted by molar-refractivity contribution is 0.315. The second-order valence-corrected chi connectivity index (χ2v) is 5.26. The Morgan fingerprint density at radius 3 is 3.00 bits per heavy atom. The Kier molecular flexibility index (Phi) is 3.07.